The summed E-state index contributed by atoms with van der Waals surface area (Å²) in [5, 5.41) is 8.65. The monoisotopic (exact) mass is 643 g/mol. The second-order valence-corrected chi connectivity index (χ2v) is 13.1. The van der Waals surface area contributed by atoms with Crippen molar-refractivity contribution in [2.45, 2.75) is 206 Å². The van der Waals surface area contributed by atoms with Crippen molar-refractivity contribution in [1.82, 2.24) is 0 Å². The molecule has 4 heteroatoms. The number of rotatable bonds is 35. The molecule has 0 spiro atoms. The maximum Gasteiger partial charge on any atom is 0.306 e. The molecule has 0 saturated heterocycles. The van der Waals surface area contributed by atoms with Crippen LogP contribution in [0.2, 0.25) is 0 Å². The highest BCUT2D eigenvalue weighted by atomic mass is 16.5. The van der Waals surface area contributed by atoms with Crippen LogP contribution in [0.1, 0.15) is 200 Å². The van der Waals surface area contributed by atoms with Crippen molar-refractivity contribution >= 4 is 11.9 Å². The molecule has 0 fully saturated rings. The molecule has 4 nitrogen and oxygen atoms in total. The van der Waals surface area contributed by atoms with Crippen molar-refractivity contribution in [2.24, 2.45) is 0 Å². The quantitative estimate of drug-likeness (QED) is 0.0424. The first kappa shape index (κ1) is 43.9. The van der Waals surface area contributed by atoms with Crippen LogP contribution >= 0.6 is 0 Å². The molecule has 0 aliphatic heterocycles. The smallest absolute Gasteiger partial charge is 0.306 e. The molecule has 0 radical (unpaired) electrons. The molecule has 0 rings (SSSR count). The highest BCUT2D eigenvalue weighted by Crippen LogP contribution is 2.16. The SMILES string of the molecule is CCCCC/C=C\C/C=C\C/C=C\C/C=C\CCCCCC(=O)OC(CC)CCCCCCCCCCCCCCCCC(=O)O. The standard InChI is InChI=1S/C42H74O4/c1-3-5-6-7-8-9-10-11-12-13-14-15-16-21-24-27-30-33-36-39-42(45)46-40(4-2)37-34-31-28-25-22-19-17-18-20-23-26-29-32-35-38-41(43)44/h8-9,11-12,14-15,21,24,40H,3-7,10,13,16-20,22-23,25-39H2,1-2H3,(H,43,44)/b9-8-,12-11-,15-14-,24-21-. The van der Waals surface area contributed by atoms with Gasteiger partial charge in [0.05, 0.1) is 0 Å². The lowest BCUT2D eigenvalue weighted by Gasteiger charge is -2.16. The molecule has 0 aromatic heterocycles. The van der Waals surface area contributed by atoms with Gasteiger partial charge in [-0.2, -0.15) is 0 Å². The maximum absolute atomic E-state index is 12.3. The molecule has 0 heterocycles. The zero-order valence-electron chi connectivity index (χ0n) is 30.4. The summed E-state index contributed by atoms with van der Waals surface area (Å²) < 4.78 is 5.77. The van der Waals surface area contributed by atoms with Gasteiger partial charge < -0.3 is 9.84 Å². The summed E-state index contributed by atoms with van der Waals surface area (Å²) in [5.74, 6) is -0.680. The molecule has 0 bridgehead atoms. The molecule has 0 aromatic carbocycles. The van der Waals surface area contributed by atoms with Crippen molar-refractivity contribution in [1.29, 1.82) is 0 Å². The Balaban J connectivity index is 3.53. The highest BCUT2D eigenvalue weighted by Gasteiger charge is 2.12. The normalized spacial score (nSPS) is 12.7. The van der Waals surface area contributed by atoms with Crippen LogP contribution in [0.15, 0.2) is 48.6 Å². The minimum absolute atomic E-state index is 0.0113. The van der Waals surface area contributed by atoms with Gasteiger partial charge in [0.2, 0.25) is 0 Å². The number of allylic oxidation sites excluding steroid dienone is 8. The summed E-state index contributed by atoms with van der Waals surface area (Å²) in [7, 11) is 0. The average Bonchev–Trinajstić information content (AvgIpc) is 3.04. The Hall–Kier alpha value is -2.10. The summed E-state index contributed by atoms with van der Waals surface area (Å²) in [5.41, 5.74) is 0. The molecular formula is C42H74O4. The van der Waals surface area contributed by atoms with E-state index in [0.29, 0.717) is 12.8 Å². The third-order valence-corrected chi connectivity index (χ3v) is 8.63. The number of esters is 1. The van der Waals surface area contributed by atoms with Crippen LogP contribution in [-0.4, -0.2) is 23.1 Å². The minimum atomic E-state index is -0.669. The third-order valence-electron chi connectivity index (χ3n) is 8.63. The first-order valence-corrected chi connectivity index (χ1v) is 19.6. The van der Waals surface area contributed by atoms with Gasteiger partial charge in [-0.3, -0.25) is 9.59 Å². The highest BCUT2D eigenvalue weighted by molar-refractivity contribution is 5.69. The van der Waals surface area contributed by atoms with Gasteiger partial charge in [-0.25, -0.2) is 0 Å². The molecule has 0 aliphatic rings. The Bertz CT molecular complexity index is 779. The van der Waals surface area contributed by atoms with E-state index in [1.165, 1.54) is 96.3 Å². The molecule has 0 amide bonds. The Morgan fingerprint density at radius 1 is 0.500 bits per heavy atom. The molecule has 266 valence electrons. The largest absolute Gasteiger partial charge is 0.481 e. The first-order chi connectivity index (χ1) is 22.6. The minimum Gasteiger partial charge on any atom is -0.481 e. The maximum atomic E-state index is 12.3. The van der Waals surface area contributed by atoms with E-state index in [9.17, 15) is 9.59 Å². The second kappa shape index (κ2) is 37.4. The lowest BCUT2D eigenvalue weighted by molar-refractivity contribution is -0.149. The van der Waals surface area contributed by atoms with Crippen molar-refractivity contribution in [3.63, 3.8) is 0 Å². The van der Waals surface area contributed by atoms with E-state index in [1.807, 2.05) is 0 Å². The van der Waals surface area contributed by atoms with E-state index in [0.717, 1.165) is 77.0 Å². The van der Waals surface area contributed by atoms with Gasteiger partial charge in [0.15, 0.2) is 0 Å². The van der Waals surface area contributed by atoms with Crippen molar-refractivity contribution in [3.8, 4) is 0 Å². The lowest BCUT2D eigenvalue weighted by Crippen LogP contribution is -2.17. The fraction of sp³-hybridized carbons (Fsp3) is 0.762. The Morgan fingerprint density at radius 3 is 1.35 bits per heavy atom. The molecule has 0 saturated carbocycles. The number of carboxylic acid groups (broad SMARTS) is 1. The van der Waals surface area contributed by atoms with Crippen LogP contribution in [0.5, 0.6) is 0 Å². The molecule has 1 atom stereocenters. The number of unbranched alkanes of at least 4 members (excludes halogenated alkanes) is 19. The van der Waals surface area contributed by atoms with Gasteiger partial charge in [0, 0.05) is 12.8 Å². The van der Waals surface area contributed by atoms with E-state index in [-0.39, 0.29) is 12.1 Å². The van der Waals surface area contributed by atoms with Crippen LogP contribution in [0.3, 0.4) is 0 Å². The summed E-state index contributed by atoms with van der Waals surface area (Å²) in [6, 6.07) is 0. The summed E-state index contributed by atoms with van der Waals surface area (Å²) >= 11 is 0. The molecule has 0 aromatic rings. The summed E-state index contributed by atoms with van der Waals surface area (Å²) in [6.07, 6.45) is 50.7. The average molecular weight is 643 g/mol. The molecular weight excluding hydrogens is 568 g/mol. The number of carboxylic acids is 1. The number of carbonyl (C=O) groups is 2. The third kappa shape index (κ3) is 36.4. The zero-order valence-corrected chi connectivity index (χ0v) is 30.4. The molecule has 1 unspecified atom stereocenters. The van der Waals surface area contributed by atoms with Crippen LogP contribution in [0, 0.1) is 0 Å². The number of aliphatic carboxylic acids is 1. The van der Waals surface area contributed by atoms with Gasteiger partial charge in [-0.05, 0) is 77.0 Å². The molecule has 46 heavy (non-hydrogen) atoms. The fourth-order valence-corrected chi connectivity index (χ4v) is 5.63. The molecule has 1 N–H and O–H groups in total. The van der Waals surface area contributed by atoms with Crippen LogP contribution < -0.4 is 0 Å². The second-order valence-electron chi connectivity index (χ2n) is 13.1. The number of ether oxygens (including phenoxy) is 1. The van der Waals surface area contributed by atoms with E-state index >= 15 is 0 Å². The van der Waals surface area contributed by atoms with Gasteiger partial charge in [-0.1, -0.05) is 159 Å². The van der Waals surface area contributed by atoms with Crippen molar-refractivity contribution < 1.29 is 19.4 Å². The Labute approximate surface area is 285 Å². The number of hydrogen-bond donors (Lipinski definition) is 1. The predicted octanol–water partition coefficient (Wildman–Crippen LogP) is 13.6. The van der Waals surface area contributed by atoms with Crippen LogP contribution in [0.25, 0.3) is 0 Å². The Kier molecular flexibility index (Phi) is 35.7. The number of hydrogen-bond acceptors (Lipinski definition) is 3. The Morgan fingerprint density at radius 2 is 0.891 bits per heavy atom. The van der Waals surface area contributed by atoms with Gasteiger partial charge in [0.25, 0.3) is 0 Å². The van der Waals surface area contributed by atoms with Crippen molar-refractivity contribution in [3.05, 3.63) is 48.6 Å². The summed E-state index contributed by atoms with van der Waals surface area (Å²) in [6.45, 7) is 4.38. The van der Waals surface area contributed by atoms with Gasteiger partial charge in [-0.15, -0.1) is 0 Å². The first-order valence-electron chi connectivity index (χ1n) is 19.6. The van der Waals surface area contributed by atoms with E-state index < -0.39 is 5.97 Å². The van der Waals surface area contributed by atoms with Crippen LogP contribution in [0.4, 0.5) is 0 Å². The topological polar surface area (TPSA) is 63.6 Å². The zero-order chi connectivity index (χ0) is 33.6. The van der Waals surface area contributed by atoms with E-state index in [2.05, 4.69) is 62.5 Å². The van der Waals surface area contributed by atoms with E-state index in [1.54, 1.807) is 0 Å². The van der Waals surface area contributed by atoms with E-state index in [4.69, 9.17) is 9.84 Å². The van der Waals surface area contributed by atoms with Crippen LogP contribution in [-0.2, 0) is 14.3 Å². The fourth-order valence-electron chi connectivity index (χ4n) is 5.63. The predicted molar refractivity (Wildman–Crippen MR) is 199 cm³/mol. The molecule has 0 aliphatic carbocycles. The number of carbonyl (C=O) groups excluding carboxylic acids is 1. The van der Waals surface area contributed by atoms with Gasteiger partial charge in [0.1, 0.15) is 6.10 Å². The van der Waals surface area contributed by atoms with Gasteiger partial charge >= 0.3 is 11.9 Å². The lowest BCUT2D eigenvalue weighted by atomic mass is 10.0. The summed E-state index contributed by atoms with van der Waals surface area (Å²) in [4.78, 5) is 22.8. The van der Waals surface area contributed by atoms with Crippen molar-refractivity contribution in [2.75, 3.05) is 0 Å².